The number of hydrogen-bond donors (Lipinski definition) is 1. The monoisotopic (exact) mass is 274 g/mol. The first-order chi connectivity index (χ1) is 9.74. The maximum atomic E-state index is 11.4. The number of methoxy groups -OCH3 is 2. The molecule has 0 unspecified atom stereocenters. The molecule has 0 saturated carbocycles. The molecular formula is C15H18N2O3. The van der Waals surface area contributed by atoms with Gasteiger partial charge in [0, 0.05) is 24.7 Å². The molecule has 0 atom stereocenters. The number of ether oxygens (including phenoxy) is 2. The second kappa shape index (κ2) is 6.86. The van der Waals surface area contributed by atoms with Gasteiger partial charge in [0.1, 0.15) is 0 Å². The van der Waals surface area contributed by atoms with Crippen molar-refractivity contribution < 1.29 is 14.3 Å². The minimum absolute atomic E-state index is 0.167. The summed E-state index contributed by atoms with van der Waals surface area (Å²) in [6, 6.07) is 9.70. The number of nitrogens with zero attached hydrogens (tertiary/aromatic N) is 1. The molecule has 1 N–H and O–H groups in total. The summed E-state index contributed by atoms with van der Waals surface area (Å²) in [6.07, 6.45) is 0.167. The Morgan fingerprint density at radius 1 is 1.30 bits per heavy atom. The summed E-state index contributed by atoms with van der Waals surface area (Å²) in [5.41, 5.74) is 2.50. The highest BCUT2D eigenvalue weighted by Crippen LogP contribution is 2.23. The molecule has 2 aromatic rings. The Hall–Kier alpha value is -2.14. The molecule has 5 nitrogen and oxygen atoms in total. The number of carbonyl (C=O) groups is 1. The summed E-state index contributed by atoms with van der Waals surface area (Å²) >= 11 is 0. The van der Waals surface area contributed by atoms with E-state index in [2.05, 4.69) is 15.0 Å². The third-order valence-corrected chi connectivity index (χ3v) is 2.94. The lowest BCUT2D eigenvalue weighted by molar-refractivity contribution is -0.139. The highest BCUT2D eigenvalue weighted by atomic mass is 16.5. The maximum absolute atomic E-state index is 11.4. The second-order valence-electron chi connectivity index (χ2n) is 4.35. The van der Waals surface area contributed by atoms with Gasteiger partial charge in [-0.15, -0.1) is 0 Å². The van der Waals surface area contributed by atoms with Crippen LogP contribution < -0.4 is 5.32 Å². The molecule has 0 spiro atoms. The first-order valence-electron chi connectivity index (χ1n) is 6.43. The fraction of sp³-hybridized carbons (Fsp3) is 0.333. The van der Waals surface area contributed by atoms with Crippen molar-refractivity contribution in [3.8, 4) is 0 Å². The number of rotatable bonds is 6. The van der Waals surface area contributed by atoms with Gasteiger partial charge in [0.2, 0.25) is 0 Å². The van der Waals surface area contributed by atoms with Crippen LogP contribution in [0.15, 0.2) is 30.3 Å². The molecule has 5 heteroatoms. The van der Waals surface area contributed by atoms with Crippen molar-refractivity contribution in [2.75, 3.05) is 32.7 Å². The lowest BCUT2D eigenvalue weighted by Crippen LogP contribution is -2.10. The maximum Gasteiger partial charge on any atom is 0.311 e. The minimum atomic E-state index is -0.296. The van der Waals surface area contributed by atoms with Crippen molar-refractivity contribution in [2.24, 2.45) is 0 Å². The molecule has 1 aromatic heterocycles. The number of hydrogen-bond acceptors (Lipinski definition) is 5. The van der Waals surface area contributed by atoms with Gasteiger partial charge in [0.15, 0.2) is 0 Å². The van der Waals surface area contributed by atoms with Crippen LogP contribution in [0.3, 0.4) is 0 Å². The van der Waals surface area contributed by atoms with Gasteiger partial charge < -0.3 is 14.8 Å². The fourth-order valence-corrected chi connectivity index (χ4v) is 1.97. The zero-order valence-corrected chi connectivity index (χ0v) is 11.7. The van der Waals surface area contributed by atoms with Crippen LogP contribution in [0.5, 0.6) is 0 Å². The van der Waals surface area contributed by atoms with E-state index in [0.29, 0.717) is 18.8 Å². The van der Waals surface area contributed by atoms with Gasteiger partial charge >= 0.3 is 5.97 Å². The Balaban J connectivity index is 2.33. The van der Waals surface area contributed by atoms with E-state index in [1.165, 1.54) is 7.11 Å². The Morgan fingerprint density at radius 2 is 2.10 bits per heavy atom. The van der Waals surface area contributed by atoms with Crippen LogP contribution in [0.25, 0.3) is 10.9 Å². The quantitative estimate of drug-likeness (QED) is 0.645. The summed E-state index contributed by atoms with van der Waals surface area (Å²) in [7, 11) is 3.04. The highest BCUT2D eigenvalue weighted by molar-refractivity contribution is 5.92. The van der Waals surface area contributed by atoms with Crippen molar-refractivity contribution >= 4 is 22.6 Å². The SMILES string of the molecule is COCCNc1cc(CC(=O)OC)nc2ccccc12. The fourth-order valence-electron chi connectivity index (χ4n) is 1.97. The number of carbonyl (C=O) groups excluding carboxylic acids is 1. The molecule has 0 aliphatic carbocycles. The molecule has 2 rings (SSSR count). The Morgan fingerprint density at radius 3 is 2.85 bits per heavy atom. The summed E-state index contributed by atoms with van der Waals surface area (Å²) in [5, 5.41) is 4.33. The lowest BCUT2D eigenvalue weighted by atomic mass is 10.1. The van der Waals surface area contributed by atoms with Crippen LogP contribution in [-0.2, 0) is 20.7 Å². The topological polar surface area (TPSA) is 60.5 Å². The van der Waals surface area contributed by atoms with Crippen LogP contribution in [0.1, 0.15) is 5.69 Å². The summed E-state index contributed by atoms with van der Waals surface area (Å²) in [4.78, 5) is 15.9. The number of nitrogens with one attached hydrogen (secondary N) is 1. The molecule has 0 saturated heterocycles. The molecule has 0 aliphatic rings. The summed E-state index contributed by atoms with van der Waals surface area (Å²) < 4.78 is 9.72. The number of anilines is 1. The number of fused-ring (bicyclic) bond motifs is 1. The molecule has 0 fully saturated rings. The van der Waals surface area contributed by atoms with E-state index in [1.54, 1.807) is 7.11 Å². The van der Waals surface area contributed by atoms with Crippen LogP contribution in [-0.4, -0.2) is 38.3 Å². The van der Waals surface area contributed by atoms with E-state index in [0.717, 1.165) is 16.6 Å². The standard InChI is InChI=1S/C15H18N2O3/c1-19-8-7-16-14-9-11(10-15(18)20-2)17-13-6-4-3-5-12(13)14/h3-6,9H,7-8,10H2,1-2H3,(H,16,17). The number of aromatic nitrogens is 1. The molecule has 1 aromatic carbocycles. The first kappa shape index (κ1) is 14.3. The molecular weight excluding hydrogens is 256 g/mol. The number of benzene rings is 1. The van der Waals surface area contributed by atoms with Gasteiger partial charge in [-0.3, -0.25) is 9.78 Å². The second-order valence-corrected chi connectivity index (χ2v) is 4.35. The highest BCUT2D eigenvalue weighted by Gasteiger charge is 2.09. The van der Waals surface area contributed by atoms with Crippen molar-refractivity contribution in [3.05, 3.63) is 36.0 Å². The number of esters is 1. The van der Waals surface area contributed by atoms with Gasteiger partial charge in [-0.05, 0) is 12.1 Å². The van der Waals surface area contributed by atoms with Crippen LogP contribution in [0, 0.1) is 0 Å². The largest absolute Gasteiger partial charge is 0.469 e. The lowest BCUT2D eigenvalue weighted by Gasteiger charge is -2.11. The van der Waals surface area contributed by atoms with E-state index in [-0.39, 0.29) is 12.4 Å². The van der Waals surface area contributed by atoms with Gasteiger partial charge in [0.25, 0.3) is 0 Å². The van der Waals surface area contributed by atoms with E-state index < -0.39 is 0 Å². The average Bonchev–Trinajstić information content (AvgIpc) is 2.47. The normalized spacial score (nSPS) is 10.5. The summed E-state index contributed by atoms with van der Waals surface area (Å²) in [5.74, 6) is -0.296. The molecule has 1 heterocycles. The molecule has 0 aliphatic heterocycles. The number of para-hydroxylation sites is 1. The predicted molar refractivity (Wildman–Crippen MR) is 77.8 cm³/mol. The van der Waals surface area contributed by atoms with Crippen LogP contribution >= 0.6 is 0 Å². The zero-order chi connectivity index (χ0) is 14.4. The van der Waals surface area contributed by atoms with E-state index in [4.69, 9.17) is 4.74 Å². The van der Waals surface area contributed by atoms with Gasteiger partial charge in [-0.2, -0.15) is 0 Å². The molecule has 20 heavy (non-hydrogen) atoms. The van der Waals surface area contributed by atoms with Crippen molar-refractivity contribution in [2.45, 2.75) is 6.42 Å². The first-order valence-corrected chi connectivity index (χ1v) is 6.43. The van der Waals surface area contributed by atoms with E-state index in [9.17, 15) is 4.79 Å². The molecule has 106 valence electrons. The molecule has 0 bridgehead atoms. The van der Waals surface area contributed by atoms with E-state index in [1.807, 2.05) is 30.3 Å². The average molecular weight is 274 g/mol. The Labute approximate surface area is 117 Å². The Bertz CT molecular complexity index is 599. The van der Waals surface area contributed by atoms with E-state index >= 15 is 0 Å². The Kier molecular flexibility index (Phi) is 4.90. The van der Waals surface area contributed by atoms with Gasteiger partial charge in [-0.25, -0.2) is 0 Å². The third kappa shape index (κ3) is 3.45. The minimum Gasteiger partial charge on any atom is -0.469 e. The van der Waals surface area contributed by atoms with Crippen LogP contribution in [0.2, 0.25) is 0 Å². The smallest absolute Gasteiger partial charge is 0.311 e. The van der Waals surface area contributed by atoms with Gasteiger partial charge in [-0.1, -0.05) is 18.2 Å². The third-order valence-electron chi connectivity index (χ3n) is 2.94. The zero-order valence-electron chi connectivity index (χ0n) is 11.7. The van der Waals surface area contributed by atoms with Crippen molar-refractivity contribution in [1.29, 1.82) is 0 Å². The molecule has 0 radical (unpaired) electrons. The van der Waals surface area contributed by atoms with Crippen molar-refractivity contribution in [3.63, 3.8) is 0 Å². The molecule has 0 amide bonds. The van der Waals surface area contributed by atoms with Crippen LogP contribution in [0.4, 0.5) is 5.69 Å². The van der Waals surface area contributed by atoms with Crippen molar-refractivity contribution in [1.82, 2.24) is 4.98 Å². The predicted octanol–water partition coefficient (Wildman–Crippen LogP) is 2.01. The van der Waals surface area contributed by atoms with Gasteiger partial charge in [0.05, 0.1) is 31.3 Å². The summed E-state index contributed by atoms with van der Waals surface area (Å²) in [6.45, 7) is 1.31. The number of pyridine rings is 1.